The van der Waals surface area contributed by atoms with Gasteiger partial charge in [0.05, 0.1) is 17.1 Å². The Morgan fingerprint density at radius 2 is 1.95 bits per heavy atom. The molecule has 1 aromatic heterocycles. The Morgan fingerprint density at radius 1 is 1.25 bits per heavy atom. The highest BCUT2D eigenvalue weighted by Gasteiger charge is 2.20. The van der Waals surface area contributed by atoms with Crippen LogP contribution in [-0.4, -0.2) is 15.9 Å². The van der Waals surface area contributed by atoms with E-state index in [1.54, 1.807) is 0 Å². The van der Waals surface area contributed by atoms with E-state index in [0.717, 1.165) is 23.3 Å². The number of rotatable bonds is 5. The van der Waals surface area contributed by atoms with E-state index in [4.69, 9.17) is 0 Å². The standard InChI is InChI=1S/C16H23N3O/c1-10(2)9-14(19-16(20)11(3)4)15-17-12-7-5-6-8-13(12)18-15/h5-8,10-11,14H,9H2,1-4H3,(H,17,18)(H,19,20). The number of benzene rings is 1. The number of aromatic nitrogens is 2. The number of fused-ring (bicyclic) bond motifs is 1. The van der Waals surface area contributed by atoms with Gasteiger partial charge in [-0.15, -0.1) is 0 Å². The lowest BCUT2D eigenvalue weighted by molar-refractivity contribution is -0.124. The Kier molecular flexibility index (Phi) is 4.42. The molecule has 20 heavy (non-hydrogen) atoms. The molecule has 0 radical (unpaired) electrons. The molecule has 1 heterocycles. The third-order valence-electron chi connectivity index (χ3n) is 3.29. The Labute approximate surface area is 120 Å². The Morgan fingerprint density at radius 3 is 2.55 bits per heavy atom. The minimum absolute atomic E-state index is 0.0194. The SMILES string of the molecule is CC(C)CC(NC(=O)C(C)C)c1nc2ccccc2[nH]1. The second-order valence-corrected chi connectivity index (χ2v) is 5.98. The van der Waals surface area contributed by atoms with Crippen molar-refractivity contribution in [3.63, 3.8) is 0 Å². The van der Waals surface area contributed by atoms with Crippen molar-refractivity contribution in [3.05, 3.63) is 30.1 Å². The van der Waals surface area contributed by atoms with E-state index in [0.29, 0.717) is 5.92 Å². The van der Waals surface area contributed by atoms with Crippen LogP contribution in [0.3, 0.4) is 0 Å². The van der Waals surface area contributed by atoms with Gasteiger partial charge in [-0.05, 0) is 24.5 Å². The van der Waals surface area contributed by atoms with E-state index >= 15 is 0 Å². The van der Waals surface area contributed by atoms with Crippen LogP contribution >= 0.6 is 0 Å². The van der Waals surface area contributed by atoms with Crippen molar-refractivity contribution in [2.24, 2.45) is 11.8 Å². The van der Waals surface area contributed by atoms with Crippen LogP contribution in [0.25, 0.3) is 11.0 Å². The van der Waals surface area contributed by atoms with Gasteiger partial charge in [-0.3, -0.25) is 4.79 Å². The fraction of sp³-hybridized carbons (Fsp3) is 0.500. The Balaban J connectivity index is 2.27. The maximum Gasteiger partial charge on any atom is 0.223 e. The summed E-state index contributed by atoms with van der Waals surface area (Å²) in [5.74, 6) is 1.37. The maximum atomic E-state index is 12.0. The molecule has 0 fully saturated rings. The predicted octanol–water partition coefficient (Wildman–Crippen LogP) is 3.42. The summed E-state index contributed by atoms with van der Waals surface area (Å²) in [6.07, 6.45) is 0.873. The summed E-state index contributed by atoms with van der Waals surface area (Å²) in [6.45, 7) is 8.11. The molecule has 2 rings (SSSR count). The summed E-state index contributed by atoms with van der Waals surface area (Å²) in [6, 6.07) is 7.87. The number of nitrogens with one attached hydrogen (secondary N) is 2. The van der Waals surface area contributed by atoms with Crippen LogP contribution in [0.1, 0.15) is 46.0 Å². The molecule has 1 aromatic carbocycles. The van der Waals surface area contributed by atoms with Crippen LogP contribution in [0.4, 0.5) is 0 Å². The summed E-state index contributed by atoms with van der Waals surface area (Å²) in [7, 11) is 0. The van der Waals surface area contributed by atoms with Crippen LogP contribution in [0, 0.1) is 11.8 Å². The van der Waals surface area contributed by atoms with Crippen molar-refractivity contribution < 1.29 is 4.79 Å². The van der Waals surface area contributed by atoms with Crippen molar-refractivity contribution in [1.29, 1.82) is 0 Å². The van der Waals surface area contributed by atoms with Crippen LogP contribution in [0.15, 0.2) is 24.3 Å². The highest BCUT2D eigenvalue weighted by atomic mass is 16.1. The number of carbonyl (C=O) groups is 1. The van der Waals surface area contributed by atoms with E-state index in [9.17, 15) is 4.79 Å². The van der Waals surface area contributed by atoms with Gasteiger partial charge < -0.3 is 10.3 Å². The van der Waals surface area contributed by atoms with E-state index in [2.05, 4.69) is 29.1 Å². The first-order valence-electron chi connectivity index (χ1n) is 7.22. The third-order valence-corrected chi connectivity index (χ3v) is 3.29. The molecule has 4 heteroatoms. The van der Waals surface area contributed by atoms with E-state index in [1.165, 1.54) is 0 Å². The number of amides is 1. The van der Waals surface area contributed by atoms with Crippen LogP contribution in [0.5, 0.6) is 0 Å². The summed E-state index contributed by atoms with van der Waals surface area (Å²) in [5.41, 5.74) is 1.95. The highest BCUT2D eigenvalue weighted by Crippen LogP contribution is 2.22. The van der Waals surface area contributed by atoms with Gasteiger partial charge >= 0.3 is 0 Å². The second-order valence-electron chi connectivity index (χ2n) is 5.98. The molecule has 0 aliphatic rings. The summed E-state index contributed by atoms with van der Waals surface area (Å²) >= 11 is 0. The average molecular weight is 273 g/mol. The van der Waals surface area contributed by atoms with Crippen molar-refractivity contribution in [2.45, 2.75) is 40.2 Å². The molecule has 2 N–H and O–H groups in total. The fourth-order valence-electron chi connectivity index (χ4n) is 2.19. The van der Waals surface area contributed by atoms with Gasteiger partial charge in [0, 0.05) is 5.92 Å². The first-order valence-corrected chi connectivity index (χ1v) is 7.22. The average Bonchev–Trinajstić information content (AvgIpc) is 2.80. The van der Waals surface area contributed by atoms with Gasteiger partial charge in [-0.2, -0.15) is 0 Å². The molecule has 0 saturated carbocycles. The zero-order valence-electron chi connectivity index (χ0n) is 12.6. The lowest BCUT2D eigenvalue weighted by Crippen LogP contribution is -2.33. The van der Waals surface area contributed by atoms with Crippen molar-refractivity contribution in [3.8, 4) is 0 Å². The molecule has 108 valence electrons. The van der Waals surface area contributed by atoms with Gasteiger partial charge in [-0.1, -0.05) is 39.8 Å². The number of H-pyrrole nitrogens is 1. The predicted molar refractivity (Wildman–Crippen MR) is 81.3 cm³/mol. The lowest BCUT2D eigenvalue weighted by Gasteiger charge is -2.19. The van der Waals surface area contributed by atoms with Gasteiger partial charge in [0.25, 0.3) is 0 Å². The number of imidazole rings is 1. The van der Waals surface area contributed by atoms with Crippen molar-refractivity contribution >= 4 is 16.9 Å². The topological polar surface area (TPSA) is 57.8 Å². The second kappa shape index (κ2) is 6.07. The van der Waals surface area contributed by atoms with Crippen LogP contribution < -0.4 is 5.32 Å². The fourth-order valence-corrected chi connectivity index (χ4v) is 2.19. The van der Waals surface area contributed by atoms with E-state index in [-0.39, 0.29) is 17.9 Å². The Hall–Kier alpha value is -1.84. The van der Waals surface area contributed by atoms with Gasteiger partial charge in [0.15, 0.2) is 0 Å². The Bertz CT molecular complexity index is 553. The molecular formula is C16H23N3O. The van der Waals surface area contributed by atoms with Gasteiger partial charge in [-0.25, -0.2) is 4.98 Å². The quantitative estimate of drug-likeness (QED) is 0.877. The van der Waals surface area contributed by atoms with Crippen LogP contribution in [-0.2, 0) is 4.79 Å². The molecule has 0 bridgehead atoms. The largest absolute Gasteiger partial charge is 0.346 e. The smallest absolute Gasteiger partial charge is 0.223 e. The molecule has 1 amide bonds. The zero-order chi connectivity index (χ0) is 14.7. The molecular weight excluding hydrogens is 250 g/mol. The van der Waals surface area contributed by atoms with Gasteiger partial charge in [0.2, 0.25) is 5.91 Å². The summed E-state index contributed by atoms with van der Waals surface area (Å²) in [4.78, 5) is 19.9. The molecule has 1 atom stereocenters. The van der Waals surface area contributed by atoms with Crippen LogP contribution in [0.2, 0.25) is 0 Å². The number of aromatic amines is 1. The minimum Gasteiger partial charge on any atom is -0.346 e. The number of hydrogen-bond acceptors (Lipinski definition) is 2. The minimum atomic E-state index is -0.0581. The number of para-hydroxylation sites is 2. The van der Waals surface area contributed by atoms with E-state index < -0.39 is 0 Å². The normalized spacial score (nSPS) is 13.1. The monoisotopic (exact) mass is 273 g/mol. The number of carbonyl (C=O) groups excluding carboxylic acids is 1. The summed E-state index contributed by atoms with van der Waals surface area (Å²) in [5, 5.41) is 3.09. The van der Waals surface area contributed by atoms with E-state index in [1.807, 2.05) is 38.1 Å². The number of hydrogen-bond donors (Lipinski definition) is 2. The summed E-state index contributed by atoms with van der Waals surface area (Å²) < 4.78 is 0. The van der Waals surface area contributed by atoms with Crippen molar-refractivity contribution in [2.75, 3.05) is 0 Å². The maximum absolute atomic E-state index is 12.0. The lowest BCUT2D eigenvalue weighted by atomic mass is 10.0. The number of nitrogens with zero attached hydrogens (tertiary/aromatic N) is 1. The third kappa shape index (κ3) is 3.38. The molecule has 0 aliphatic carbocycles. The first kappa shape index (κ1) is 14.6. The molecule has 0 saturated heterocycles. The molecule has 0 spiro atoms. The van der Waals surface area contributed by atoms with Gasteiger partial charge in [0.1, 0.15) is 5.82 Å². The zero-order valence-corrected chi connectivity index (χ0v) is 12.6. The molecule has 1 unspecified atom stereocenters. The molecule has 0 aliphatic heterocycles. The first-order chi connectivity index (χ1) is 9.47. The van der Waals surface area contributed by atoms with Crippen molar-refractivity contribution in [1.82, 2.24) is 15.3 Å². The molecule has 4 nitrogen and oxygen atoms in total. The highest BCUT2D eigenvalue weighted by molar-refractivity contribution is 5.79. The molecule has 2 aromatic rings.